The zero-order chi connectivity index (χ0) is 13.9. The summed E-state index contributed by atoms with van der Waals surface area (Å²) in [5, 5.41) is 2.14. The number of hydrogen-bond acceptors (Lipinski definition) is 3. The normalized spacial score (nSPS) is 15.3. The molecule has 3 rings (SSSR count). The predicted molar refractivity (Wildman–Crippen MR) is 80.1 cm³/mol. The molecule has 1 heterocycles. The Labute approximate surface area is 125 Å². The third-order valence-electron chi connectivity index (χ3n) is 3.25. The molecule has 0 unspecified atom stereocenters. The summed E-state index contributed by atoms with van der Waals surface area (Å²) in [6.07, 6.45) is -0.315. The van der Waals surface area contributed by atoms with Crippen molar-refractivity contribution >= 4 is 32.8 Å². The first-order valence-corrected chi connectivity index (χ1v) is 7.25. The summed E-state index contributed by atoms with van der Waals surface area (Å²) in [6.45, 7) is 2.31. The van der Waals surface area contributed by atoms with Crippen molar-refractivity contribution in [3.8, 4) is 5.75 Å². The number of carbonyl (C=O) groups is 1. The lowest BCUT2D eigenvalue weighted by molar-refractivity contribution is 0.0416. The molecule has 1 aliphatic heterocycles. The van der Waals surface area contributed by atoms with Crippen molar-refractivity contribution in [2.24, 2.45) is 0 Å². The Bertz CT molecular complexity index is 638. The van der Waals surface area contributed by atoms with Crippen LogP contribution in [0.4, 0.5) is 4.79 Å². The molecule has 4 nitrogen and oxygen atoms in total. The molecule has 1 saturated heterocycles. The molecule has 0 atom stereocenters. The first-order chi connectivity index (χ1) is 9.72. The number of nitrogens with zero attached hydrogens (tertiary/aromatic N) is 1. The largest absolute Gasteiger partial charge is 0.415 e. The number of benzene rings is 2. The number of hydrogen-bond donors (Lipinski definition) is 0. The van der Waals surface area contributed by atoms with Gasteiger partial charge in [-0.3, -0.25) is 0 Å². The standard InChI is InChI=1S/C15H14BrNO3/c16-13-3-1-12-10-14(4-2-11(12)9-13)20-15(18)17-5-7-19-8-6-17/h1-4,9-10H,5-8H2. The Morgan fingerprint density at radius 1 is 1.10 bits per heavy atom. The Hall–Kier alpha value is -1.59. The number of ether oxygens (including phenoxy) is 2. The average molecular weight is 336 g/mol. The molecular weight excluding hydrogens is 322 g/mol. The zero-order valence-corrected chi connectivity index (χ0v) is 12.4. The number of rotatable bonds is 1. The fourth-order valence-corrected chi connectivity index (χ4v) is 2.55. The molecule has 0 N–H and O–H groups in total. The van der Waals surface area contributed by atoms with Crippen molar-refractivity contribution in [2.75, 3.05) is 26.3 Å². The Morgan fingerprint density at radius 3 is 2.60 bits per heavy atom. The number of halogens is 1. The summed E-state index contributed by atoms with van der Waals surface area (Å²) < 4.78 is 11.7. The van der Waals surface area contributed by atoms with Crippen LogP contribution in [-0.4, -0.2) is 37.3 Å². The van der Waals surface area contributed by atoms with E-state index in [1.165, 1.54) is 0 Å². The van der Waals surface area contributed by atoms with E-state index in [1.807, 2.05) is 36.4 Å². The van der Waals surface area contributed by atoms with Crippen LogP contribution < -0.4 is 4.74 Å². The van der Waals surface area contributed by atoms with Gasteiger partial charge >= 0.3 is 6.09 Å². The second-order valence-electron chi connectivity index (χ2n) is 4.62. The van der Waals surface area contributed by atoms with Gasteiger partial charge in [0.2, 0.25) is 0 Å². The van der Waals surface area contributed by atoms with Gasteiger partial charge in [-0.05, 0) is 35.0 Å². The number of amides is 1. The molecule has 2 aromatic carbocycles. The van der Waals surface area contributed by atoms with Gasteiger partial charge in [-0.15, -0.1) is 0 Å². The highest BCUT2D eigenvalue weighted by Gasteiger charge is 2.18. The molecule has 0 saturated carbocycles. The summed E-state index contributed by atoms with van der Waals surface area (Å²) >= 11 is 3.44. The number of carbonyl (C=O) groups excluding carboxylic acids is 1. The van der Waals surface area contributed by atoms with E-state index in [2.05, 4.69) is 15.9 Å². The summed E-state index contributed by atoms with van der Waals surface area (Å²) in [5.41, 5.74) is 0. The number of morpholine rings is 1. The van der Waals surface area contributed by atoms with Crippen LogP contribution in [0, 0.1) is 0 Å². The fraction of sp³-hybridized carbons (Fsp3) is 0.267. The van der Waals surface area contributed by atoms with Gasteiger partial charge in [-0.1, -0.05) is 28.1 Å². The maximum Gasteiger partial charge on any atom is 0.415 e. The molecule has 1 fully saturated rings. The minimum atomic E-state index is -0.315. The molecule has 20 heavy (non-hydrogen) atoms. The highest BCUT2D eigenvalue weighted by molar-refractivity contribution is 9.10. The third kappa shape index (κ3) is 2.94. The quantitative estimate of drug-likeness (QED) is 0.801. The van der Waals surface area contributed by atoms with Gasteiger partial charge in [-0.25, -0.2) is 4.79 Å². The van der Waals surface area contributed by atoms with E-state index in [1.54, 1.807) is 4.90 Å². The highest BCUT2D eigenvalue weighted by Crippen LogP contribution is 2.24. The minimum absolute atomic E-state index is 0.315. The van der Waals surface area contributed by atoms with Crippen LogP contribution in [-0.2, 0) is 4.74 Å². The van der Waals surface area contributed by atoms with Gasteiger partial charge < -0.3 is 14.4 Å². The summed E-state index contributed by atoms with van der Waals surface area (Å²) in [4.78, 5) is 13.7. The summed E-state index contributed by atoms with van der Waals surface area (Å²) in [5.74, 6) is 0.566. The summed E-state index contributed by atoms with van der Waals surface area (Å²) in [7, 11) is 0. The smallest absolute Gasteiger partial charge is 0.410 e. The monoisotopic (exact) mass is 335 g/mol. The SMILES string of the molecule is O=C(Oc1ccc2cc(Br)ccc2c1)N1CCOCC1. The van der Waals surface area contributed by atoms with Crippen LogP contribution >= 0.6 is 15.9 Å². The molecule has 0 spiro atoms. The molecule has 1 aliphatic rings. The van der Waals surface area contributed by atoms with Crippen LogP contribution in [0.5, 0.6) is 5.75 Å². The van der Waals surface area contributed by atoms with Crippen molar-refractivity contribution in [3.63, 3.8) is 0 Å². The van der Waals surface area contributed by atoms with Crippen molar-refractivity contribution in [1.29, 1.82) is 0 Å². The lowest BCUT2D eigenvalue weighted by Crippen LogP contribution is -2.42. The van der Waals surface area contributed by atoms with E-state index >= 15 is 0 Å². The van der Waals surface area contributed by atoms with Gasteiger partial charge in [0.05, 0.1) is 13.2 Å². The maximum absolute atomic E-state index is 12.0. The lowest BCUT2D eigenvalue weighted by atomic mass is 10.1. The molecule has 0 aromatic heterocycles. The van der Waals surface area contributed by atoms with Gasteiger partial charge in [0.15, 0.2) is 0 Å². The lowest BCUT2D eigenvalue weighted by Gasteiger charge is -2.25. The second kappa shape index (κ2) is 5.81. The maximum atomic E-state index is 12.0. The van der Waals surface area contributed by atoms with Crippen molar-refractivity contribution in [2.45, 2.75) is 0 Å². The van der Waals surface area contributed by atoms with Crippen molar-refractivity contribution in [1.82, 2.24) is 4.90 Å². The van der Waals surface area contributed by atoms with E-state index in [4.69, 9.17) is 9.47 Å². The average Bonchev–Trinajstić information content (AvgIpc) is 2.48. The molecule has 104 valence electrons. The Balaban J connectivity index is 1.76. The minimum Gasteiger partial charge on any atom is -0.410 e. The van der Waals surface area contributed by atoms with E-state index in [9.17, 15) is 4.79 Å². The molecule has 1 amide bonds. The Kier molecular flexibility index (Phi) is 3.89. The first kappa shape index (κ1) is 13.4. The van der Waals surface area contributed by atoms with Crippen molar-refractivity contribution in [3.05, 3.63) is 40.9 Å². The van der Waals surface area contributed by atoms with E-state index in [0.717, 1.165) is 15.2 Å². The van der Waals surface area contributed by atoms with E-state index < -0.39 is 0 Å². The predicted octanol–water partition coefficient (Wildman–Crippen LogP) is 3.43. The van der Waals surface area contributed by atoms with Crippen LogP contribution in [0.15, 0.2) is 40.9 Å². The zero-order valence-electron chi connectivity index (χ0n) is 10.8. The van der Waals surface area contributed by atoms with Crippen LogP contribution in [0.3, 0.4) is 0 Å². The van der Waals surface area contributed by atoms with Crippen LogP contribution in [0.1, 0.15) is 0 Å². The van der Waals surface area contributed by atoms with Gasteiger partial charge in [0, 0.05) is 17.6 Å². The van der Waals surface area contributed by atoms with Crippen LogP contribution in [0.25, 0.3) is 10.8 Å². The second-order valence-corrected chi connectivity index (χ2v) is 5.54. The molecule has 0 radical (unpaired) electrons. The van der Waals surface area contributed by atoms with E-state index in [-0.39, 0.29) is 6.09 Å². The molecule has 0 aliphatic carbocycles. The molecular formula is C15H14BrNO3. The highest BCUT2D eigenvalue weighted by atomic mass is 79.9. The van der Waals surface area contributed by atoms with E-state index in [0.29, 0.717) is 32.1 Å². The fourth-order valence-electron chi connectivity index (χ4n) is 2.17. The molecule has 2 aromatic rings. The van der Waals surface area contributed by atoms with Gasteiger partial charge in [0.25, 0.3) is 0 Å². The third-order valence-corrected chi connectivity index (χ3v) is 3.74. The summed E-state index contributed by atoms with van der Waals surface area (Å²) in [6, 6.07) is 11.6. The topological polar surface area (TPSA) is 38.8 Å². The Morgan fingerprint density at radius 2 is 1.80 bits per heavy atom. The number of fused-ring (bicyclic) bond motifs is 1. The molecule has 5 heteroatoms. The molecule has 0 bridgehead atoms. The van der Waals surface area contributed by atoms with Crippen molar-refractivity contribution < 1.29 is 14.3 Å². The van der Waals surface area contributed by atoms with Gasteiger partial charge in [-0.2, -0.15) is 0 Å². The first-order valence-electron chi connectivity index (χ1n) is 6.46. The van der Waals surface area contributed by atoms with Crippen LogP contribution in [0.2, 0.25) is 0 Å². The van der Waals surface area contributed by atoms with Gasteiger partial charge in [0.1, 0.15) is 5.75 Å².